The van der Waals surface area contributed by atoms with Gasteiger partial charge in [0, 0.05) is 18.5 Å². The number of hydrogen-bond acceptors (Lipinski definition) is 4. The van der Waals surface area contributed by atoms with Crippen LogP contribution in [0.4, 0.5) is 13.2 Å². The molecule has 0 aromatic rings. The van der Waals surface area contributed by atoms with Crippen LogP contribution in [-0.4, -0.2) is 27.0 Å². The van der Waals surface area contributed by atoms with Crippen LogP contribution < -0.4 is 5.32 Å². The normalized spacial score (nSPS) is 20.4. The van der Waals surface area contributed by atoms with Gasteiger partial charge in [0.2, 0.25) is 0 Å². The Balaban J connectivity index is 3.05. The predicted octanol–water partition coefficient (Wildman–Crippen LogP) is 2.15. The minimum atomic E-state index is -5.58. The van der Waals surface area contributed by atoms with Crippen molar-refractivity contribution in [3.05, 3.63) is 11.8 Å². The van der Waals surface area contributed by atoms with Gasteiger partial charge >= 0.3 is 15.6 Å². The van der Waals surface area contributed by atoms with Gasteiger partial charge in [-0.1, -0.05) is 13.8 Å². The number of rotatable bonds is 4. The Kier molecular flexibility index (Phi) is 4.32. The molecule has 0 aliphatic carbocycles. The summed E-state index contributed by atoms with van der Waals surface area (Å²) >= 11 is 0. The smallest absolute Gasteiger partial charge is 0.380 e. The minimum Gasteiger partial charge on any atom is -0.380 e. The van der Waals surface area contributed by atoms with E-state index in [-0.39, 0.29) is 5.76 Å². The number of nitrogens with one attached hydrogen (secondary N) is 1. The molecule has 0 radical (unpaired) electrons. The van der Waals surface area contributed by atoms with Crippen molar-refractivity contribution in [3.63, 3.8) is 0 Å². The highest BCUT2D eigenvalue weighted by Gasteiger charge is 2.50. The number of halogens is 3. The molecule has 1 N–H and O–H groups in total. The lowest BCUT2D eigenvalue weighted by atomic mass is 9.78. The van der Waals surface area contributed by atoms with Gasteiger partial charge in [-0.2, -0.15) is 21.6 Å². The molecule has 0 aromatic carbocycles. The summed E-state index contributed by atoms with van der Waals surface area (Å²) in [7, 11) is -5.58. The van der Waals surface area contributed by atoms with E-state index in [9.17, 15) is 21.6 Å². The molecule has 0 spiro atoms. The fourth-order valence-electron chi connectivity index (χ4n) is 1.92. The molecule has 1 heterocycles. The van der Waals surface area contributed by atoms with E-state index in [0.29, 0.717) is 25.9 Å². The van der Waals surface area contributed by atoms with Gasteiger partial charge in [-0.05, 0) is 18.9 Å². The molecule has 0 fully saturated rings. The van der Waals surface area contributed by atoms with E-state index in [2.05, 4.69) is 9.50 Å². The quantitative estimate of drug-likeness (QED) is 0.636. The van der Waals surface area contributed by atoms with Gasteiger partial charge in [-0.15, -0.1) is 0 Å². The molecular weight excluding hydrogens is 271 g/mol. The third-order valence-corrected chi connectivity index (χ3v) is 4.22. The van der Waals surface area contributed by atoms with Crippen LogP contribution in [0.3, 0.4) is 0 Å². The highest BCUT2D eigenvalue weighted by atomic mass is 32.2. The molecular formula is C10H16F3NO3S. The fourth-order valence-corrected chi connectivity index (χ4v) is 2.49. The number of hydrogen-bond donors (Lipinski definition) is 1. The average molecular weight is 287 g/mol. The van der Waals surface area contributed by atoms with Crippen LogP contribution in [0, 0.1) is 5.41 Å². The first-order valence-corrected chi connectivity index (χ1v) is 7.01. The van der Waals surface area contributed by atoms with Crippen LogP contribution >= 0.6 is 0 Å². The molecule has 1 aliphatic rings. The second-order valence-corrected chi connectivity index (χ2v) is 5.71. The van der Waals surface area contributed by atoms with Crippen molar-refractivity contribution in [1.82, 2.24) is 5.32 Å². The molecule has 0 bridgehead atoms. The molecule has 0 atom stereocenters. The SMILES string of the molecule is CCC1(CC)CNCC=C1OS(=O)(=O)C(F)(F)F. The number of alkyl halides is 3. The van der Waals surface area contributed by atoms with Crippen molar-refractivity contribution in [2.75, 3.05) is 13.1 Å². The zero-order valence-electron chi connectivity index (χ0n) is 10.2. The lowest BCUT2D eigenvalue weighted by Gasteiger charge is -2.36. The van der Waals surface area contributed by atoms with E-state index in [1.54, 1.807) is 13.8 Å². The maximum atomic E-state index is 12.3. The van der Waals surface area contributed by atoms with Gasteiger partial charge in [0.1, 0.15) is 5.76 Å². The van der Waals surface area contributed by atoms with Gasteiger partial charge in [0.05, 0.1) is 0 Å². The van der Waals surface area contributed by atoms with E-state index in [4.69, 9.17) is 0 Å². The highest BCUT2D eigenvalue weighted by molar-refractivity contribution is 7.87. The maximum Gasteiger partial charge on any atom is 0.534 e. The maximum absolute atomic E-state index is 12.3. The molecule has 18 heavy (non-hydrogen) atoms. The third kappa shape index (κ3) is 2.80. The molecule has 106 valence electrons. The standard InChI is InChI=1S/C10H16F3NO3S/c1-3-9(4-2)7-14-6-5-8(9)17-18(15,16)10(11,12)13/h5,14H,3-4,6-7H2,1-2H3. The van der Waals surface area contributed by atoms with Gasteiger partial charge in [0.25, 0.3) is 0 Å². The van der Waals surface area contributed by atoms with Gasteiger partial charge in [-0.25, -0.2) is 0 Å². The average Bonchev–Trinajstić information content (AvgIpc) is 2.28. The lowest BCUT2D eigenvalue weighted by Crippen LogP contribution is -2.42. The molecule has 0 unspecified atom stereocenters. The monoisotopic (exact) mass is 287 g/mol. The van der Waals surface area contributed by atoms with Crippen molar-refractivity contribution >= 4 is 10.1 Å². The van der Waals surface area contributed by atoms with Crippen molar-refractivity contribution in [2.24, 2.45) is 5.41 Å². The molecule has 0 amide bonds. The Morgan fingerprint density at radius 3 is 2.39 bits per heavy atom. The van der Waals surface area contributed by atoms with Crippen molar-refractivity contribution in [1.29, 1.82) is 0 Å². The summed E-state index contributed by atoms with van der Waals surface area (Å²) in [6.45, 7) is 4.27. The summed E-state index contributed by atoms with van der Waals surface area (Å²) in [6.07, 6.45) is 2.35. The zero-order valence-corrected chi connectivity index (χ0v) is 11.0. The minimum absolute atomic E-state index is 0.108. The van der Waals surface area contributed by atoms with Crippen LogP contribution in [-0.2, 0) is 14.3 Å². The van der Waals surface area contributed by atoms with Crippen LogP contribution in [0.2, 0.25) is 0 Å². The topological polar surface area (TPSA) is 55.4 Å². The molecule has 1 aliphatic heterocycles. The van der Waals surface area contributed by atoms with Crippen LogP contribution in [0.5, 0.6) is 0 Å². The first-order chi connectivity index (χ1) is 8.18. The second kappa shape index (κ2) is 5.08. The Morgan fingerprint density at radius 1 is 1.39 bits per heavy atom. The van der Waals surface area contributed by atoms with Crippen molar-refractivity contribution in [3.8, 4) is 0 Å². The second-order valence-electron chi connectivity index (χ2n) is 4.17. The fraction of sp³-hybridized carbons (Fsp3) is 0.800. The van der Waals surface area contributed by atoms with Crippen molar-refractivity contribution < 1.29 is 25.8 Å². The van der Waals surface area contributed by atoms with Gasteiger partial charge in [-0.3, -0.25) is 0 Å². The van der Waals surface area contributed by atoms with Crippen LogP contribution in [0.1, 0.15) is 26.7 Å². The summed E-state index contributed by atoms with van der Waals surface area (Å²) in [4.78, 5) is 0. The molecule has 1 rings (SSSR count). The largest absolute Gasteiger partial charge is 0.534 e. The summed E-state index contributed by atoms with van der Waals surface area (Å²) in [5, 5.41) is 3.00. The summed E-state index contributed by atoms with van der Waals surface area (Å²) in [6, 6.07) is 0. The zero-order chi connectivity index (χ0) is 14.0. The van der Waals surface area contributed by atoms with E-state index >= 15 is 0 Å². The Hall–Kier alpha value is -0.760. The van der Waals surface area contributed by atoms with E-state index in [1.165, 1.54) is 6.08 Å². The van der Waals surface area contributed by atoms with Crippen molar-refractivity contribution in [2.45, 2.75) is 32.2 Å². The van der Waals surface area contributed by atoms with Gasteiger partial charge < -0.3 is 9.50 Å². The highest BCUT2D eigenvalue weighted by Crippen LogP contribution is 2.39. The lowest BCUT2D eigenvalue weighted by molar-refractivity contribution is -0.0536. The summed E-state index contributed by atoms with van der Waals surface area (Å²) in [5.74, 6) is -0.108. The van der Waals surface area contributed by atoms with Crippen LogP contribution in [0.15, 0.2) is 11.8 Å². The van der Waals surface area contributed by atoms with Gasteiger partial charge in [0.15, 0.2) is 0 Å². The Labute approximate surface area is 104 Å². The van der Waals surface area contributed by atoms with Crippen LogP contribution in [0.25, 0.3) is 0 Å². The summed E-state index contributed by atoms with van der Waals surface area (Å²) in [5.41, 5.74) is -6.09. The van der Waals surface area contributed by atoms with E-state index in [0.717, 1.165) is 0 Å². The Morgan fingerprint density at radius 2 is 1.94 bits per heavy atom. The van der Waals surface area contributed by atoms with E-state index < -0.39 is 21.0 Å². The predicted molar refractivity (Wildman–Crippen MR) is 60.0 cm³/mol. The summed E-state index contributed by atoms with van der Waals surface area (Å²) < 4.78 is 63.2. The molecule has 0 aromatic heterocycles. The first-order valence-electron chi connectivity index (χ1n) is 5.60. The molecule has 0 saturated carbocycles. The third-order valence-electron chi connectivity index (χ3n) is 3.25. The molecule has 4 nitrogen and oxygen atoms in total. The van der Waals surface area contributed by atoms with E-state index in [1.807, 2.05) is 0 Å². The Bertz CT molecular complexity index is 424. The molecule has 8 heteroatoms. The molecule has 0 saturated heterocycles. The first kappa shape index (κ1) is 15.3.